The Morgan fingerprint density at radius 3 is 2.58 bits per heavy atom. The molecule has 0 radical (unpaired) electrons. The lowest BCUT2D eigenvalue weighted by Crippen LogP contribution is -2.42. The summed E-state index contributed by atoms with van der Waals surface area (Å²) < 4.78 is 0. The highest BCUT2D eigenvalue weighted by Gasteiger charge is 2.20. The maximum absolute atomic E-state index is 12.4. The van der Waals surface area contributed by atoms with Crippen LogP contribution in [0.4, 0.5) is 5.82 Å². The zero-order chi connectivity index (χ0) is 14.0. The molecule has 100 valence electrons. The van der Waals surface area contributed by atoms with Crippen LogP contribution in [0.25, 0.3) is 10.8 Å². The first-order valence-corrected chi connectivity index (χ1v) is 6.40. The lowest BCUT2D eigenvalue weighted by atomic mass is 10.0. The molecule has 2 aromatic rings. The summed E-state index contributed by atoms with van der Waals surface area (Å²) in [5, 5.41) is 4.66. The van der Waals surface area contributed by atoms with Crippen molar-refractivity contribution in [2.75, 3.05) is 5.73 Å². The van der Waals surface area contributed by atoms with Crippen molar-refractivity contribution in [2.45, 2.75) is 32.7 Å². The molecule has 0 spiro atoms. The van der Waals surface area contributed by atoms with Crippen LogP contribution in [0.3, 0.4) is 0 Å². The van der Waals surface area contributed by atoms with Crippen molar-refractivity contribution in [1.82, 2.24) is 10.3 Å². The Labute approximate surface area is 113 Å². The van der Waals surface area contributed by atoms with Crippen molar-refractivity contribution < 1.29 is 4.79 Å². The Hall–Kier alpha value is -2.10. The Kier molecular flexibility index (Phi) is 3.42. The summed E-state index contributed by atoms with van der Waals surface area (Å²) in [7, 11) is 0. The Morgan fingerprint density at radius 1 is 1.32 bits per heavy atom. The molecule has 0 saturated carbocycles. The van der Waals surface area contributed by atoms with E-state index in [1.54, 1.807) is 6.20 Å². The zero-order valence-electron chi connectivity index (χ0n) is 11.5. The third-order valence-corrected chi connectivity index (χ3v) is 3.41. The number of hydrogen-bond acceptors (Lipinski definition) is 3. The summed E-state index contributed by atoms with van der Waals surface area (Å²) in [6, 6.07) is 7.54. The van der Waals surface area contributed by atoms with E-state index in [-0.39, 0.29) is 11.4 Å². The minimum atomic E-state index is -0.237. The lowest BCUT2D eigenvalue weighted by Gasteiger charge is -2.24. The lowest BCUT2D eigenvalue weighted by molar-refractivity contribution is 0.0912. The van der Waals surface area contributed by atoms with Crippen LogP contribution >= 0.6 is 0 Å². The monoisotopic (exact) mass is 257 g/mol. The maximum Gasteiger partial charge on any atom is 0.253 e. The summed E-state index contributed by atoms with van der Waals surface area (Å²) in [4.78, 5) is 16.5. The van der Waals surface area contributed by atoms with Gasteiger partial charge in [-0.2, -0.15) is 0 Å². The number of carbonyl (C=O) groups is 1. The molecule has 19 heavy (non-hydrogen) atoms. The molecule has 0 atom stereocenters. The highest BCUT2D eigenvalue weighted by Crippen LogP contribution is 2.22. The highest BCUT2D eigenvalue weighted by molar-refractivity contribution is 6.09. The number of benzene rings is 1. The molecule has 0 fully saturated rings. The Morgan fingerprint density at radius 2 is 1.95 bits per heavy atom. The third-order valence-electron chi connectivity index (χ3n) is 3.41. The van der Waals surface area contributed by atoms with E-state index in [9.17, 15) is 4.79 Å². The number of nitrogens with two attached hydrogens (primary N) is 1. The number of pyridine rings is 1. The summed E-state index contributed by atoms with van der Waals surface area (Å²) in [6.07, 6.45) is 2.40. The van der Waals surface area contributed by atoms with E-state index >= 15 is 0 Å². The fourth-order valence-corrected chi connectivity index (χ4v) is 1.86. The van der Waals surface area contributed by atoms with E-state index in [0.29, 0.717) is 11.4 Å². The molecule has 0 unspecified atom stereocenters. The summed E-state index contributed by atoms with van der Waals surface area (Å²) in [6.45, 7) is 6.04. The third kappa shape index (κ3) is 2.67. The van der Waals surface area contributed by atoms with E-state index in [0.717, 1.165) is 17.2 Å². The second kappa shape index (κ2) is 4.88. The fraction of sp³-hybridized carbons (Fsp3) is 0.333. The molecule has 4 nitrogen and oxygen atoms in total. The van der Waals surface area contributed by atoms with E-state index in [2.05, 4.69) is 10.3 Å². The average molecular weight is 257 g/mol. The van der Waals surface area contributed by atoms with E-state index in [4.69, 9.17) is 5.73 Å². The van der Waals surface area contributed by atoms with Crippen LogP contribution in [-0.2, 0) is 0 Å². The molecule has 1 aromatic carbocycles. The van der Waals surface area contributed by atoms with Gasteiger partial charge in [-0.1, -0.05) is 31.2 Å². The maximum atomic E-state index is 12.4. The molecular formula is C15H19N3O. The molecule has 1 aromatic heterocycles. The standard InChI is InChI=1S/C15H19N3O/c1-4-15(2,3)18-14(19)12-9-17-13(16)11-8-6-5-7-10(11)12/h5-9H,4H2,1-3H3,(H2,16,17)(H,18,19). The van der Waals surface area contributed by atoms with Gasteiger partial charge in [0.05, 0.1) is 5.56 Å². The normalized spacial score (nSPS) is 11.5. The van der Waals surface area contributed by atoms with Crippen LogP contribution in [0.2, 0.25) is 0 Å². The van der Waals surface area contributed by atoms with Gasteiger partial charge in [-0.3, -0.25) is 4.79 Å². The predicted octanol–water partition coefficient (Wildman–Crippen LogP) is 2.74. The first-order valence-electron chi connectivity index (χ1n) is 6.40. The van der Waals surface area contributed by atoms with E-state index in [1.165, 1.54) is 0 Å². The van der Waals surface area contributed by atoms with Gasteiger partial charge in [-0.05, 0) is 25.7 Å². The van der Waals surface area contributed by atoms with Crippen LogP contribution in [0, 0.1) is 0 Å². The minimum absolute atomic E-state index is 0.115. The van der Waals surface area contributed by atoms with E-state index in [1.807, 2.05) is 45.0 Å². The van der Waals surface area contributed by atoms with Crippen LogP contribution in [0.15, 0.2) is 30.5 Å². The highest BCUT2D eigenvalue weighted by atomic mass is 16.1. The molecule has 3 N–H and O–H groups in total. The van der Waals surface area contributed by atoms with Gasteiger partial charge in [-0.15, -0.1) is 0 Å². The van der Waals surface area contributed by atoms with Gasteiger partial charge in [0.25, 0.3) is 5.91 Å². The topological polar surface area (TPSA) is 68.0 Å². The second-order valence-electron chi connectivity index (χ2n) is 5.29. The van der Waals surface area contributed by atoms with Crippen molar-refractivity contribution in [3.63, 3.8) is 0 Å². The minimum Gasteiger partial charge on any atom is -0.383 e. The second-order valence-corrected chi connectivity index (χ2v) is 5.29. The molecule has 0 bridgehead atoms. The number of carbonyl (C=O) groups excluding carboxylic acids is 1. The molecule has 0 aliphatic heterocycles. The molecule has 1 heterocycles. The Balaban J connectivity index is 2.46. The molecule has 2 rings (SSSR count). The van der Waals surface area contributed by atoms with Gasteiger partial charge in [0.2, 0.25) is 0 Å². The fourth-order valence-electron chi connectivity index (χ4n) is 1.86. The first kappa shape index (κ1) is 13.3. The van der Waals surface area contributed by atoms with Gasteiger partial charge >= 0.3 is 0 Å². The predicted molar refractivity (Wildman–Crippen MR) is 78.0 cm³/mol. The van der Waals surface area contributed by atoms with Gasteiger partial charge < -0.3 is 11.1 Å². The number of anilines is 1. The smallest absolute Gasteiger partial charge is 0.253 e. The Bertz CT molecular complexity index is 620. The van der Waals surface area contributed by atoms with Crippen LogP contribution in [0.1, 0.15) is 37.6 Å². The first-order chi connectivity index (χ1) is 8.94. The van der Waals surface area contributed by atoms with Crippen molar-refractivity contribution in [3.05, 3.63) is 36.0 Å². The number of nitrogens with zero attached hydrogens (tertiary/aromatic N) is 1. The SMILES string of the molecule is CCC(C)(C)NC(=O)c1cnc(N)c2ccccc12. The number of amides is 1. The number of nitrogen functional groups attached to an aromatic ring is 1. The van der Waals surface area contributed by atoms with Crippen molar-refractivity contribution >= 4 is 22.5 Å². The molecule has 4 heteroatoms. The van der Waals surface area contributed by atoms with Gasteiger partial charge in [-0.25, -0.2) is 4.98 Å². The van der Waals surface area contributed by atoms with E-state index < -0.39 is 0 Å². The largest absolute Gasteiger partial charge is 0.383 e. The zero-order valence-corrected chi connectivity index (χ0v) is 11.5. The molecule has 0 saturated heterocycles. The van der Waals surface area contributed by atoms with Gasteiger partial charge in [0.15, 0.2) is 0 Å². The van der Waals surface area contributed by atoms with Crippen molar-refractivity contribution in [3.8, 4) is 0 Å². The van der Waals surface area contributed by atoms with Crippen LogP contribution in [-0.4, -0.2) is 16.4 Å². The molecule has 1 amide bonds. The van der Waals surface area contributed by atoms with Crippen molar-refractivity contribution in [2.24, 2.45) is 0 Å². The molecule has 0 aliphatic rings. The quantitative estimate of drug-likeness (QED) is 0.888. The average Bonchev–Trinajstić information content (AvgIpc) is 2.39. The van der Waals surface area contributed by atoms with Gasteiger partial charge in [0.1, 0.15) is 5.82 Å². The number of rotatable bonds is 3. The number of hydrogen-bond donors (Lipinski definition) is 2. The number of aromatic nitrogens is 1. The number of nitrogens with one attached hydrogen (secondary N) is 1. The molecular weight excluding hydrogens is 238 g/mol. The molecule has 0 aliphatic carbocycles. The summed E-state index contributed by atoms with van der Waals surface area (Å²) in [5.74, 6) is 0.331. The number of fused-ring (bicyclic) bond motifs is 1. The summed E-state index contributed by atoms with van der Waals surface area (Å²) in [5.41, 5.74) is 6.16. The van der Waals surface area contributed by atoms with Gasteiger partial charge in [0, 0.05) is 17.1 Å². The van der Waals surface area contributed by atoms with Crippen LogP contribution in [0.5, 0.6) is 0 Å². The van der Waals surface area contributed by atoms with Crippen molar-refractivity contribution in [1.29, 1.82) is 0 Å². The van der Waals surface area contributed by atoms with Crippen LogP contribution < -0.4 is 11.1 Å². The summed E-state index contributed by atoms with van der Waals surface area (Å²) >= 11 is 0.